The Morgan fingerprint density at radius 3 is 2.53 bits per heavy atom. The molecule has 36 heavy (non-hydrogen) atoms. The van der Waals surface area contributed by atoms with Crippen LogP contribution in [0.2, 0.25) is 0 Å². The summed E-state index contributed by atoms with van der Waals surface area (Å²) in [6.45, 7) is 0.301. The average Bonchev–Trinajstić information content (AvgIpc) is 3.58. The van der Waals surface area contributed by atoms with Gasteiger partial charge in [-0.15, -0.1) is 0 Å². The van der Waals surface area contributed by atoms with Gasteiger partial charge in [-0.05, 0) is 48.7 Å². The third-order valence-corrected chi connectivity index (χ3v) is 6.46. The molecule has 0 unspecified atom stereocenters. The monoisotopic (exact) mass is 492 g/mol. The Balaban J connectivity index is 1.19. The van der Waals surface area contributed by atoms with Gasteiger partial charge >= 0.3 is 0 Å². The zero-order valence-corrected chi connectivity index (χ0v) is 20.1. The number of rotatable bonds is 8. The highest BCUT2D eigenvalue weighted by atomic mass is 19.1. The lowest BCUT2D eigenvalue weighted by Crippen LogP contribution is -2.49. The maximum atomic E-state index is 15.1. The first-order valence-electron chi connectivity index (χ1n) is 12.1. The molecule has 1 aliphatic heterocycles. The first-order chi connectivity index (χ1) is 17.4. The van der Waals surface area contributed by atoms with E-state index >= 15 is 4.39 Å². The molecule has 1 aliphatic carbocycles. The minimum atomic E-state index is -1.40. The summed E-state index contributed by atoms with van der Waals surface area (Å²) in [5, 5.41) is 0. The molecule has 8 nitrogen and oxygen atoms in total. The van der Waals surface area contributed by atoms with Crippen LogP contribution in [0.25, 0.3) is 11.3 Å². The van der Waals surface area contributed by atoms with Crippen LogP contribution < -0.4 is 15.2 Å². The summed E-state index contributed by atoms with van der Waals surface area (Å²) in [5.41, 5.74) is 8.00. The summed E-state index contributed by atoms with van der Waals surface area (Å²) in [5.74, 6) is 0.228. The van der Waals surface area contributed by atoms with E-state index in [1.165, 1.54) is 4.90 Å². The van der Waals surface area contributed by atoms with Crippen molar-refractivity contribution in [3.63, 3.8) is 0 Å². The lowest BCUT2D eigenvalue weighted by molar-refractivity contribution is -0.134. The van der Waals surface area contributed by atoms with Crippen LogP contribution in [0.4, 0.5) is 4.39 Å². The number of piperidine rings is 1. The minimum Gasteiger partial charge on any atom is -0.490 e. The number of primary amides is 1. The molecule has 2 fully saturated rings. The molecular weight excluding hydrogens is 463 g/mol. The number of amides is 2. The quantitative estimate of drug-likeness (QED) is 0.520. The van der Waals surface area contributed by atoms with E-state index in [9.17, 15) is 9.59 Å². The van der Waals surface area contributed by atoms with Crippen LogP contribution in [0, 0.1) is 0 Å². The second-order valence-corrected chi connectivity index (χ2v) is 9.44. The number of aryl methyl sites for hydroxylation is 1. The van der Waals surface area contributed by atoms with Crippen molar-refractivity contribution < 1.29 is 23.5 Å². The molecule has 2 aliphatic rings. The van der Waals surface area contributed by atoms with Gasteiger partial charge in [0.05, 0.1) is 36.7 Å². The highest BCUT2D eigenvalue weighted by Crippen LogP contribution is 2.29. The van der Waals surface area contributed by atoms with E-state index in [0.717, 1.165) is 24.2 Å². The Morgan fingerprint density at radius 2 is 1.89 bits per heavy atom. The molecule has 2 amide bonds. The number of aromatic nitrogens is 2. The molecule has 1 saturated carbocycles. The number of nitrogens with two attached hydrogens (primary N) is 1. The van der Waals surface area contributed by atoms with Crippen molar-refractivity contribution in [3.05, 3.63) is 66.1 Å². The Bertz CT molecular complexity index is 1250. The SMILES string of the molecule is Cn1cnc(-c2ccc(O[C@H]3CCN(C(=O)Cc4ccc(OC5CC5)cc4)C[C@H]3F)c(C(N)=O)c2)c1. The van der Waals surface area contributed by atoms with Crippen molar-refractivity contribution >= 4 is 11.8 Å². The summed E-state index contributed by atoms with van der Waals surface area (Å²) in [4.78, 5) is 30.7. The maximum Gasteiger partial charge on any atom is 0.252 e. The van der Waals surface area contributed by atoms with Crippen molar-refractivity contribution in [2.24, 2.45) is 12.8 Å². The van der Waals surface area contributed by atoms with E-state index in [0.29, 0.717) is 30.3 Å². The number of benzene rings is 2. The van der Waals surface area contributed by atoms with Crippen LogP contribution in [0.5, 0.6) is 11.5 Å². The zero-order chi connectivity index (χ0) is 25.2. The summed E-state index contributed by atoms with van der Waals surface area (Å²) in [6, 6.07) is 12.5. The van der Waals surface area contributed by atoms with Gasteiger partial charge in [0.25, 0.3) is 5.91 Å². The first-order valence-corrected chi connectivity index (χ1v) is 12.1. The molecule has 0 bridgehead atoms. The third kappa shape index (κ3) is 5.50. The maximum absolute atomic E-state index is 15.1. The molecule has 0 radical (unpaired) electrons. The Hall–Kier alpha value is -3.88. The number of carbonyl (C=O) groups is 2. The van der Waals surface area contributed by atoms with Crippen LogP contribution in [-0.4, -0.2) is 57.7 Å². The minimum absolute atomic E-state index is 0.0652. The molecule has 2 aromatic carbocycles. The smallest absolute Gasteiger partial charge is 0.252 e. The molecule has 2 atom stereocenters. The molecule has 1 saturated heterocycles. The second kappa shape index (κ2) is 10.0. The van der Waals surface area contributed by atoms with Crippen LogP contribution in [0.15, 0.2) is 55.0 Å². The Morgan fingerprint density at radius 1 is 1.11 bits per heavy atom. The number of imidazole rings is 1. The summed E-state index contributed by atoms with van der Waals surface area (Å²) < 4.78 is 28.5. The van der Waals surface area contributed by atoms with Gasteiger partial charge in [0, 0.05) is 31.8 Å². The van der Waals surface area contributed by atoms with Gasteiger partial charge in [-0.2, -0.15) is 0 Å². The second-order valence-electron chi connectivity index (χ2n) is 9.44. The van der Waals surface area contributed by atoms with Gasteiger partial charge < -0.3 is 24.7 Å². The lowest BCUT2D eigenvalue weighted by Gasteiger charge is -2.35. The van der Waals surface area contributed by atoms with E-state index < -0.39 is 18.2 Å². The molecule has 188 valence electrons. The van der Waals surface area contributed by atoms with Gasteiger partial charge in [-0.25, -0.2) is 9.37 Å². The number of hydrogen-bond donors (Lipinski definition) is 1. The molecule has 2 heterocycles. The molecule has 3 aromatic rings. The predicted molar refractivity (Wildman–Crippen MR) is 131 cm³/mol. The fourth-order valence-electron chi connectivity index (χ4n) is 4.30. The van der Waals surface area contributed by atoms with Crippen LogP contribution in [0.1, 0.15) is 35.2 Å². The van der Waals surface area contributed by atoms with E-state index in [1.54, 1.807) is 29.1 Å². The number of ether oxygens (including phenoxy) is 2. The van der Waals surface area contributed by atoms with E-state index in [2.05, 4.69) is 4.98 Å². The van der Waals surface area contributed by atoms with Crippen LogP contribution in [-0.2, 0) is 18.3 Å². The fraction of sp³-hybridized carbons (Fsp3) is 0.370. The summed E-state index contributed by atoms with van der Waals surface area (Å²) in [6.07, 6.45) is 4.30. The van der Waals surface area contributed by atoms with Crippen molar-refractivity contribution in [2.45, 2.75) is 44.1 Å². The van der Waals surface area contributed by atoms with Gasteiger partial charge in [0.15, 0.2) is 6.17 Å². The van der Waals surface area contributed by atoms with Crippen molar-refractivity contribution in [2.75, 3.05) is 13.1 Å². The Kier molecular flexibility index (Phi) is 6.63. The highest BCUT2D eigenvalue weighted by Gasteiger charge is 2.33. The molecule has 5 rings (SSSR count). The third-order valence-electron chi connectivity index (χ3n) is 6.46. The summed E-state index contributed by atoms with van der Waals surface area (Å²) >= 11 is 0. The Labute approximate surface area is 208 Å². The van der Waals surface area contributed by atoms with Crippen molar-refractivity contribution in [3.8, 4) is 22.8 Å². The average molecular weight is 493 g/mol. The fourth-order valence-corrected chi connectivity index (χ4v) is 4.30. The van der Waals surface area contributed by atoms with Crippen LogP contribution >= 0.6 is 0 Å². The molecule has 1 aromatic heterocycles. The van der Waals surface area contributed by atoms with E-state index in [1.807, 2.05) is 37.5 Å². The molecule has 0 spiro atoms. The largest absolute Gasteiger partial charge is 0.490 e. The molecule has 2 N–H and O–H groups in total. The highest BCUT2D eigenvalue weighted by molar-refractivity contribution is 5.97. The molecular formula is C27H29FN4O4. The van der Waals surface area contributed by atoms with Crippen LogP contribution in [0.3, 0.4) is 0 Å². The zero-order valence-electron chi connectivity index (χ0n) is 20.1. The van der Waals surface area contributed by atoms with E-state index in [-0.39, 0.29) is 30.2 Å². The first kappa shape index (κ1) is 23.8. The molecule has 9 heteroatoms. The van der Waals surface area contributed by atoms with Gasteiger partial charge in [0.1, 0.15) is 17.6 Å². The number of carbonyl (C=O) groups excluding carboxylic acids is 2. The normalized spacial score (nSPS) is 19.7. The van der Waals surface area contributed by atoms with E-state index in [4.69, 9.17) is 15.2 Å². The summed E-state index contributed by atoms with van der Waals surface area (Å²) in [7, 11) is 1.85. The number of likely N-dealkylation sites (tertiary alicyclic amines) is 1. The van der Waals surface area contributed by atoms with Gasteiger partial charge in [-0.3, -0.25) is 9.59 Å². The standard InChI is InChI=1S/C27H29FN4O4/c1-31-15-23(30-16-31)18-4-9-24(21(13-18)27(29)34)36-25-10-11-32(14-22(25)28)26(33)12-17-2-5-19(6-3-17)35-20-7-8-20/h2-6,9,13,15-16,20,22,25H,7-8,10-12,14H2,1H3,(H2,29,34)/t22-,25+/m1/s1. The van der Waals surface area contributed by atoms with Gasteiger partial charge in [-0.1, -0.05) is 12.1 Å². The number of hydrogen-bond acceptors (Lipinski definition) is 5. The topological polar surface area (TPSA) is 99.7 Å². The van der Waals surface area contributed by atoms with Crippen molar-refractivity contribution in [1.82, 2.24) is 14.5 Å². The van der Waals surface area contributed by atoms with Gasteiger partial charge in [0.2, 0.25) is 5.91 Å². The number of halogens is 1. The lowest BCUT2D eigenvalue weighted by atomic mass is 10.0. The van der Waals surface area contributed by atoms with Crippen molar-refractivity contribution in [1.29, 1.82) is 0 Å². The number of alkyl halides is 1. The number of nitrogens with zero attached hydrogens (tertiary/aromatic N) is 3. The predicted octanol–water partition coefficient (Wildman–Crippen LogP) is 3.29.